The van der Waals surface area contributed by atoms with Crippen LogP contribution in [0.2, 0.25) is 0 Å². The second kappa shape index (κ2) is 6.68. The Morgan fingerprint density at radius 1 is 1.16 bits per heavy atom. The van der Waals surface area contributed by atoms with Crippen molar-refractivity contribution < 1.29 is 4.79 Å². The van der Waals surface area contributed by atoms with Gasteiger partial charge in [0.05, 0.1) is 23.5 Å². The predicted molar refractivity (Wildman–Crippen MR) is 95.0 cm³/mol. The minimum atomic E-state index is -0.159. The molecule has 2 aromatic heterocycles. The number of benzene rings is 1. The summed E-state index contributed by atoms with van der Waals surface area (Å²) in [5.41, 5.74) is 3.12. The summed E-state index contributed by atoms with van der Waals surface area (Å²) in [5, 5.41) is 14.4. The van der Waals surface area contributed by atoms with Crippen molar-refractivity contribution in [1.82, 2.24) is 20.5 Å². The Bertz CT molecular complexity index is 897. The zero-order chi connectivity index (χ0) is 17.1. The van der Waals surface area contributed by atoms with Gasteiger partial charge in [-0.05, 0) is 18.6 Å². The number of carbonyl (C=O) groups is 1. The number of nitrogens with zero attached hydrogens (tertiary/aromatic N) is 3. The van der Waals surface area contributed by atoms with Crippen molar-refractivity contribution in [3.63, 3.8) is 0 Å². The van der Waals surface area contributed by atoms with Gasteiger partial charge in [0.1, 0.15) is 5.82 Å². The van der Waals surface area contributed by atoms with Crippen LogP contribution in [0, 0.1) is 0 Å². The molecule has 0 saturated heterocycles. The molecule has 4 rings (SSSR count). The molecule has 124 valence electrons. The molecule has 1 amide bonds. The van der Waals surface area contributed by atoms with Crippen LogP contribution in [0.5, 0.6) is 0 Å². The lowest BCUT2D eigenvalue weighted by Gasteiger charge is -2.26. The summed E-state index contributed by atoms with van der Waals surface area (Å²) >= 11 is 0. The van der Waals surface area contributed by atoms with E-state index in [1.807, 2.05) is 42.5 Å². The first kappa shape index (κ1) is 15.3. The fraction of sp³-hybridized carbons (Fsp3) is 0.158. The van der Waals surface area contributed by atoms with Crippen molar-refractivity contribution in [2.24, 2.45) is 0 Å². The quantitative estimate of drug-likeness (QED) is 0.771. The van der Waals surface area contributed by atoms with Gasteiger partial charge in [-0.1, -0.05) is 36.4 Å². The Labute approximate surface area is 145 Å². The van der Waals surface area contributed by atoms with Crippen molar-refractivity contribution in [2.75, 3.05) is 11.9 Å². The summed E-state index contributed by atoms with van der Waals surface area (Å²) in [4.78, 5) is 17.0. The highest BCUT2D eigenvalue weighted by Gasteiger charge is 2.23. The predicted octanol–water partition coefficient (Wildman–Crippen LogP) is 2.83. The Balaban J connectivity index is 1.57. The number of amides is 1. The maximum Gasteiger partial charge on any atom is 0.253 e. The lowest BCUT2D eigenvalue weighted by atomic mass is 10.0. The van der Waals surface area contributed by atoms with Crippen LogP contribution < -0.4 is 10.6 Å². The molecule has 0 spiro atoms. The molecule has 0 bridgehead atoms. The fourth-order valence-corrected chi connectivity index (χ4v) is 2.97. The first-order chi connectivity index (χ1) is 12.3. The maximum atomic E-state index is 12.7. The number of nitrogens with one attached hydrogen (secondary N) is 2. The van der Waals surface area contributed by atoms with Crippen LogP contribution in [-0.2, 0) is 0 Å². The van der Waals surface area contributed by atoms with Gasteiger partial charge in [-0.2, -0.15) is 10.2 Å². The molecule has 1 aromatic carbocycles. The molecule has 1 unspecified atom stereocenters. The van der Waals surface area contributed by atoms with Crippen LogP contribution in [-0.4, -0.2) is 27.6 Å². The van der Waals surface area contributed by atoms with Gasteiger partial charge in [-0.15, -0.1) is 0 Å². The van der Waals surface area contributed by atoms with E-state index in [1.165, 1.54) is 6.20 Å². The number of aromatic nitrogens is 3. The number of hydrogen-bond acceptors (Lipinski definition) is 5. The van der Waals surface area contributed by atoms with Gasteiger partial charge in [-0.25, -0.2) is 4.98 Å². The molecule has 0 aliphatic carbocycles. The van der Waals surface area contributed by atoms with Crippen molar-refractivity contribution in [2.45, 2.75) is 12.5 Å². The molecule has 0 fully saturated rings. The minimum Gasteiger partial charge on any atom is -0.370 e. The van der Waals surface area contributed by atoms with E-state index in [4.69, 9.17) is 0 Å². The number of fused-ring (bicyclic) bond motifs is 1. The summed E-state index contributed by atoms with van der Waals surface area (Å²) in [6.45, 7) is 0.777. The van der Waals surface area contributed by atoms with Crippen LogP contribution in [0.1, 0.15) is 28.4 Å². The average molecular weight is 331 g/mol. The number of carbonyl (C=O) groups excluding carboxylic acids is 1. The Morgan fingerprint density at radius 2 is 2.04 bits per heavy atom. The molecule has 3 aromatic rings. The van der Waals surface area contributed by atoms with E-state index in [0.717, 1.165) is 29.9 Å². The van der Waals surface area contributed by atoms with Gasteiger partial charge in [0.25, 0.3) is 5.91 Å². The lowest BCUT2D eigenvalue weighted by molar-refractivity contribution is 0.0934. The van der Waals surface area contributed by atoms with Crippen LogP contribution in [0.4, 0.5) is 5.82 Å². The molecular formula is C19H17N5O. The standard InChI is InChI=1S/C19H17N5O/c25-19(23-16-8-10-21-18-15(16)7-4-9-20-18)14-11-17(24-22-12-14)13-5-2-1-3-6-13/h1-7,9,11-12,16H,8,10H2,(H,20,21)(H,23,25). The molecule has 1 aliphatic heterocycles. The third kappa shape index (κ3) is 3.19. The number of pyridine rings is 1. The normalized spacial score (nSPS) is 15.8. The molecule has 6 nitrogen and oxygen atoms in total. The highest BCUT2D eigenvalue weighted by atomic mass is 16.1. The fourth-order valence-electron chi connectivity index (χ4n) is 2.97. The summed E-state index contributed by atoms with van der Waals surface area (Å²) in [6, 6.07) is 15.3. The van der Waals surface area contributed by atoms with E-state index < -0.39 is 0 Å². The van der Waals surface area contributed by atoms with Gasteiger partial charge in [0, 0.05) is 23.9 Å². The third-order valence-corrected chi connectivity index (χ3v) is 4.23. The Kier molecular flexibility index (Phi) is 4.08. The summed E-state index contributed by atoms with van der Waals surface area (Å²) in [6.07, 6.45) is 4.05. The molecule has 1 atom stereocenters. The van der Waals surface area contributed by atoms with Crippen molar-refractivity contribution >= 4 is 11.7 Å². The third-order valence-electron chi connectivity index (χ3n) is 4.23. The Hall–Kier alpha value is -3.28. The van der Waals surface area contributed by atoms with Crippen molar-refractivity contribution in [3.8, 4) is 11.3 Å². The second-order valence-corrected chi connectivity index (χ2v) is 5.88. The second-order valence-electron chi connectivity index (χ2n) is 5.88. The van der Waals surface area contributed by atoms with E-state index in [-0.39, 0.29) is 11.9 Å². The highest BCUT2D eigenvalue weighted by molar-refractivity contribution is 5.95. The highest BCUT2D eigenvalue weighted by Crippen LogP contribution is 2.27. The minimum absolute atomic E-state index is 0.0641. The van der Waals surface area contributed by atoms with Gasteiger partial charge in [0.15, 0.2) is 0 Å². The van der Waals surface area contributed by atoms with Gasteiger partial charge < -0.3 is 10.6 Å². The first-order valence-corrected chi connectivity index (χ1v) is 8.19. The Morgan fingerprint density at radius 3 is 2.92 bits per heavy atom. The topological polar surface area (TPSA) is 79.8 Å². The number of anilines is 1. The zero-order valence-electron chi connectivity index (χ0n) is 13.5. The van der Waals surface area contributed by atoms with Crippen LogP contribution in [0.3, 0.4) is 0 Å². The SMILES string of the molecule is O=C(NC1CCNc2ncccc21)c1cnnc(-c2ccccc2)c1. The summed E-state index contributed by atoms with van der Waals surface area (Å²) < 4.78 is 0. The van der Waals surface area contributed by atoms with Gasteiger partial charge in [-0.3, -0.25) is 4.79 Å². The monoisotopic (exact) mass is 331 g/mol. The van der Waals surface area contributed by atoms with E-state index in [2.05, 4.69) is 25.8 Å². The number of hydrogen-bond donors (Lipinski definition) is 2. The molecular weight excluding hydrogens is 314 g/mol. The molecule has 0 saturated carbocycles. The average Bonchev–Trinajstić information content (AvgIpc) is 2.69. The maximum absolute atomic E-state index is 12.7. The number of rotatable bonds is 3. The molecule has 3 heterocycles. The molecule has 25 heavy (non-hydrogen) atoms. The van der Waals surface area contributed by atoms with Crippen LogP contribution in [0.25, 0.3) is 11.3 Å². The van der Waals surface area contributed by atoms with E-state index in [1.54, 1.807) is 12.3 Å². The molecule has 1 aliphatic rings. The van der Waals surface area contributed by atoms with Crippen LogP contribution in [0.15, 0.2) is 60.9 Å². The van der Waals surface area contributed by atoms with Crippen molar-refractivity contribution in [1.29, 1.82) is 0 Å². The lowest BCUT2D eigenvalue weighted by Crippen LogP contribution is -2.33. The molecule has 0 radical (unpaired) electrons. The molecule has 6 heteroatoms. The smallest absolute Gasteiger partial charge is 0.253 e. The van der Waals surface area contributed by atoms with E-state index in [0.29, 0.717) is 11.3 Å². The van der Waals surface area contributed by atoms with Crippen LogP contribution >= 0.6 is 0 Å². The summed E-state index contributed by atoms with van der Waals surface area (Å²) in [5.74, 6) is 0.672. The van der Waals surface area contributed by atoms with Crippen molar-refractivity contribution in [3.05, 3.63) is 72.1 Å². The summed E-state index contributed by atoms with van der Waals surface area (Å²) in [7, 11) is 0. The zero-order valence-corrected chi connectivity index (χ0v) is 13.5. The van der Waals surface area contributed by atoms with Gasteiger partial charge in [0.2, 0.25) is 0 Å². The largest absolute Gasteiger partial charge is 0.370 e. The van der Waals surface area contributed by atoms with E-state index in [9.17, 15) is 4.79 Å². The van der Waals surface area contributed by atoms with Gasteiger partial charge >= 0.3 is 0 Å². The first-order valence-electron chi connectivity index (χ1n) is 8.19. The molecule has 2 N–H and O–H groups in total. The van der Waals surface area contributed by atoms with E-state index >= 15 is 0 Å².